The summed E-state index contributed by atoms with van der Waals surface area (Å²) < 4.78 is 5.08. The second kappa shape index (κ2) is 15.6. The summed E-state index contributed by atoms with van der Waals surface area (Å²) in [6.45, 7) is 7.54. The van der Waals surface area contributed by atoms with E-state index in [0.717, 1.165) is 54.3 Å². The number of likely N-dealkylation sites (N-methyl/N-ethyl adjacent to an activating group) is 2. The molecule has 11 nitrogen and oxygen atoms in total. The van der Waals surface area contributed by atoms with Gasteiger partial charge in [0.05, 0.1) is 5.71 Å². The molecule has 2 amide bonds. The molecular formula is C32H40N8O3. The zero-order valence-corrected chi connectivity index (χ0v) is 25.2. The summed E-state index contributed by atoms with van der Waals surface area (Å²) in [4.78, 5) is 42.0. The van der Waals surface area contributed by atoms with Crippen LogP contribution in [0.4, 0.5) is 16.2 Å². The Balaban J connectivity index is 1.31. The summed E-state index contributed by atoms with van der Waals surface area (Å²) >= 11 is 0. The monoisotopic (exact) mass is 584 g/mol. The Kier molecular flexibility index (Phi) is 11.3. The maximum absolute atomic E-state index is 13.1. The lowest BCUT2D eigenvalue weighted by atomic mass is 10.1. The highest BCUT2D eigenvalue weighted by Crippen LogP contribution is 2.23. The number of aliphatic imine (C=N–C) groups is 2. The molecule has 0 saturated carbocycles. The molecule has 1 unspecified atom stereocenters. The predicted octanol–water partition coefficient (Wildman–Crippen LogP) is 4.37. The van der Waals surface area contributed by atoms with Crippen LogP contribution in [-0.2, 0) is 11.3 Å². The van der Waals surface area contributed by atoms with Gasteiger partial charge in [0.1, 0.15) is 6.73 Å². The number of ether oxygens (including phenoxy) is 1. The van der Waals surface area contributed by atoms with Crippen LogP contribution in [0.5, 0.6) is 0 Å². The van der Waals surface area contributed by atoms with Crippen molar-refractivity contribution in [1.29, 1.82) is 0 Å². The molecule has 226 valence electrons. The molecule has 11 heteroatoms. The van der Waals surface area contributed by atoms with Crippen LogP contribution < -0.4 is 16.0 Å². The zero-order chi connectivity index (χ0) is 30.6. The summed E-state index contributed by atoms with van der Waals surface area (Å²) in [7, 11) is 3.45. The highest BCUT2D eigenvalue weighted by Gasteiger charge is 2.15. The summed E-state index contributed by atoms with van der Waals surface area (Å²) in [5.41, 5.74) is 6.14. The van der Waals surface area contributed by atoms with E-state index in [4.69, 9.17) is 9.73 Å². The molecule has 1 aliphatic heterocycles. The van der Waals surface area contributed by atoms with E-state index in [9.17, 15) is 9.59 Å². The van der Waals surface area contributed by atoms with E-state index < -0.39 is 12.4 Å². The average Bonchev–Trinajstić information content (AvgIpc) is 3.04. The van der Waals surface area contributed by atoms with Crippen molar-refractivity contribution >= 4 is 35.3 Å². The van der Waals surface area contributed by atoms with Crippen molar-refractivity contribution in [3.8, 4) is 0 Å². The number of carbonyl (C=O) groups excluding carboxylic acids is 2. The first kappa shape index (κ1) is 31.3. The van der Waals surface area contributed by atoms with Crippen LogP contribution >= 0.6 is 0 Å². The molecule has 2 heterocycles. The molecule has 1 atom stereocenters. The van der Waals surface area contributed by atoms with E-state index in [1.165, 1.54) is 7.05 Å². The van der Waals surface area contributed by atoms with Gasteiger partial charge in [-0.25, -0.2) is 9.79 Å². The highest BCUT2D eigenvalue weighted by molar-refractivity contribution is 6.08. The molecule has 0 saturated heterocycles. The normalized spacial score (nSPS) is 14.4. The molecule has 0 bridgehead atoms. The highest BCUT2D eigenvalue weighted by atomic mass is 16.6. The minimum Gasteiger partial charge on any atom is -0.433 e. The number of anilines is 2. The van der Waals surface area contributed by atoms with Crippen molar-refractivity contribution in [1.82, 2.24) is 20.1 Å². The number of alkyl carbamates (subject to hydrolysis) is 1. The van der Waals surface area contributed by atoms with E-state index >= 15 is 0 Å². The Labute approximate surface area is 253 Å². The number of rotatable bonds is 13. The van der Waals surface area contributed by atoms with Crippen molar-refractivity contribution in [2.24, 2.45) is 9.98 Å². The maximum atomic E-state index is 13.1. The summed E-state index contributed by atoms with van der Waals surface area (Å²) in [6, 6.07) is 17.3. The minimum atomic E-state index is -0.458. The fourth-order valence-corrected chi connectivity index (χ4v) is 4.45. The molecule has 2 aromatic carbocycles. The van der Waals surface area contributed by atoms with Crippen molar-refractivity contribution < 1.29 is 14.3 Å². The van der Waals surface area contributed by atoms with Crippen LogP contribution in [0.25, 0.3) is 0 Å². The van der Waals surface area contributed by atoms with E-state index in [2.05, 4.69) is 37.8 Å². The van der Waals surface area contributed by atoms with Crippen molar-refractivity contribution in [2.45, 2.75) is 33.1 Å². The number of carbonyl (C=O) groups is 2. The van der Waals surface area contributed by atoms with Gasteiger partial charge in [0.2, 0.25) is 6.29 Å². The summed E-state index contributed by atoms with van der Waals surface area (Å²) in [5.74, 6) is -0.181. The molecule has 0 radical (unpaired) electrons. The molecule has 43 heavy (non-hydrogen) atoms. The fraction of sp³-hybridized carbons (Fsp3) is 0.344. The number of benzene rings is 2. The summed E-state index contributed by atoms with van der Waals surface area (Å²) in [6.07, 6.45) is 5.16. The second-order valence-electron chi connectivity index (χ2n) is 10.3. The van der Waals surface area contributed by atoms with Crippen molar-refractivity contribution in [3.63, 3.8) is 0 Å². The first-order chi connectivity index (χ1) is 20.8. The average molecular weight is 585 g/mol. The number of aryl methyl sites for hydroxylation is 1. The Bertz CT molecular complexity index is 1430. The number of aromatic nitrogens is 1. The molecule has 3 aromatic rings. The third-order valence-corrected chi connectivity index (χ3v) is 7.07. The minimum absolute atomic E-state index is 0.181. The van der Waals surface area contributed by atoms with Crippen LogP contribution in [0.15, 0.2) is 77.0 Å². The van der Waals surface area contributed by atoms with E-state index in [0.29, 0.717) is 17.7 Å². The van der Waals surface area contributed by atoms with Crippen molar-refractivity contribution in [2.75, 3.05) is 51.1 Å². The van der Waals surface area contributed by atoms with Gasteiger partial charge in [-0.05, 0) is 62.0 Å². The van der Waals surface area contributed by atoms with Gasteiger partial charge in [-0.1, -0.05) is 31.2 Å². The Morgan fingerprint density at radius 3 is 2.63 bits per heavy atom. The topological polar surface area (TPSA) is 124 Å². The molecule has 1 aliphatic rings. The van der Waals surface area contributed by atoms with Gasteiger partial charge < -0.3 is 20.7 Å². The first-order valence-corrected chi connectivity index (χ1v) is 14.4. The maximum Gasteiger partial charge on any atom is 0.408 e. The lowest BCUT2D eigenvalue weighted by Crippen LogP contribution is -2.35. The molecule has 0 spiro atoms. The molecule has 0 aliphatic carbocycles. The zero-order valence-electron chi connectivity index (χ0n) is 25.2. The fourth-order valence-electron chi connectivity index (χ4n) is 4.45. The SMILES string of the molecule is CCN(CCN(C)COC(=O)NC)Cc1ccc(C(=O)Nc2ccc(C)c(NC3N=CCC(c4cccnc4)=N3)c2)cc1. The third kappa shape index (κ3) is 9.45. The molecule has 4 rings (SSSR count). The Morgan fingerprint density at radius 1 is 1.09 bits per heavy atom. The Hall–Kier alpha value is -4.61. The molecule has 0 fully saturated rings. The van der Waals surface area contributed by atoms with Crippen LogP contribution in [0, 0.1) is 6.92 Å². The van der Waals surface area contributed by atoms with E-state index in [-0.39, 0.29) is 12.6 Å². The number of pyridine rings is 1. The van der Waals surface area contributed by atoms with Gasteiger partial charge in [-0.2, -0.15) is 0 Å². The lowest BCUT2D eigenvalue weighted by Gasteiger charge is -2.24. The molecule has 3 N–H and O–H groups in total. The summed E-state index contributed by atoms with van der Waals surface area (Å²) in [5, 5.41) is 8.82. The Morgan fingerprint density at radius 2 is 1.91 bits per heavy atom. The van der Waals surface area contributed by atoms with Gasteiger partial charge in [-0.15, -0.1) is 0 Å². The number of nitrogens with zero attached hydrogens (tertiary/aromatic N) is 5. The first-order valence-electron chi connectivity index (χ1n) is 14.4. The van der Waals surface area contributed by atoms with Gasteiger partial charge >= 0.3 is 6.09 Å². The van der Waals surface area contributed by atoms with Crippen LogP contribution in [-0.4, -0.2) is 85.5 Å². The third-order valence-electron chi connectivity index (χ3n) is 7.07. The quantitative estimate of drug-likeness (QED) is 0.255. The number of nitrogens with one attached hydrogen (secondary N) is 3. The largest absolute Gasteiger partial charge is 0.433 e. The van der Waals surface area contributed by atoms with Gasteiger partial charge in [0.25, 0.3) is 5.91 Å². The van der Waals surface area contributed by atoms with Crippen LogP contribution in [0.2, 0.25) is 0 Å². The van der Waals surface area contributed by atoms with E-state index in [1.54, 1.807) is 12.4 Å². The molecule has 1 aromatic heterocycles. The molecular weight excluding hydrogens is 544 g/mol. The van der Waals surface area contributed by atoms with Crippen LogP contribution in [0.1, 0.15) is 40.4 Å². The second-order valence-corrected chi connectivity index (χ2v) is 10.3. The predicted molar refractivity (Wildman–Crippen MR) is 171 cm³/mol. The lowest BCUT2D eigenvalue weighted by molar-refractivity contribution is 0.0778. The van der Waals surface area contributed by atoms with Gasteiger partial charge in [0.15, 0.2) is 0 Å². The smallest absolute Gasteiger partial charge is 0.408 e. The number of hydrogen-bond acceptors (Lipinski definition) is 9. The number of amides is 2. The number of hydrogen-bond donors (Lipinski definition) is 3. The van der Waals surface area contributed by atoms with Crippen LogP contribution in [0.3, 0.4) is 0 Å². The van der Waals surface area contributed by atoms with Gasteiger partial charge in [0, 0.05) is 74.2 Å². The standard InChI is InChI=1S/C32H40N8O3/c1-5-40(18-17-39(4)22-43-32(42)33-3)21-24-9-11-25(12-10-24)30(41)36-27-13-8-23(2)29(19-27)38-31-35-16-14-28(37-31)26-7-6-15-34-20-26/h6-13,15-16,19-20,31,38H,5,14,17-18,21-22H2,1-4H3,(H,33,42)(H,36,41). The van der Waals surface area contributed by atoms with E-state index in [1.807, 2.05) is 79.7 Å². The van der Waals surface area contributed by atoms with Crippen molar-refractivity contribution in [3.05, 3.63) is 89.2 Å². The van der Waals surface area contributed by atoms with Gasteiger partial charge in [-0.3, -0.25) is 24.6 Å².